The first-order valence-corrected chi connectivity index (χ1v) is 9.94. The largest absolute Gasteiger partial charge is 0.489 e. The van der Waals surface area contributed by atoms with E-state index in [1.165, 1.54) is 12.8 Å². The molecule has 8 nitrogen and oxygen atoms in total. The number of ether oxygens (including phenoxy) is 1. The first kappa shape index (κ1) is 19.3. The van der Waals surface area contributed by atoms with Gasteiger partial charge in [0.2, 0.25) is 5.91 Å². The third-order valence-electron chi connectivity index (χ3n) is 5.51. The summed E-state index contributed by atoms with van der Waals surface area (Å²) in [4.78, 5) is 28.3. The standard InChI is InChI=1S/C21H27N5O3/c1-25(2)21(28)14-6-7-19-18(8-14)26(3)16(12-29-19)10-20(27)22-11-15-9-17(24-23-15)13-4-5-13/h6-9,13,16H,4-5,10-12H2,1-3H3,(H,22,27)(H,23,24)/t16-/m1/s1. The van der Waals surface area contributed by atoms with Gasteiger partial charge in [-0.05, 0) is 37.1 Å². The van der Waals surface area contributed by atoms with E-state index in [9.17, 15) is 9.59 Å². The molecule has 1 aliphatic heterocycles. The highest BCUT2D eigenvalue weighted by molar-refractivity contribution is 5.95. The minimum Gasteiger partial charge on any atom is -0.489 e. The molecule has 0 radical (unpaired) electrons. The molecule has 0 spiro atoms. The molecule has 1 aromatic heterocycles. The second kappa shape index (κ2) is 7.77. The van der Waals surface area contributed by atoms with E-state index in [-0.39, 0.29) is 17.9 Å². The van der Waals surface area contributed by atoms with Crippen LogP contribution in [0.1, 0.15) is 46.9 Å². The first-order chi connectivity index (χ1) is 13.9. The number of aromatic nitrogens is 2. The van der Waals surface area contributed by atoms with Gasteiger partial charge in [0.1, 0.15) is 12.4 Å². The van der Waals surface area contributed by atoms with Crippen LogP contribution >= 0.6 is 0 Å². The van der Waals surface area contributed by atoms with Crippen LogP contribution in [0, 0.1) is 0 Å². The summed E-state index contributed by atoms with van der Waals surface area (Å²) in [5.41, 5.74) is 3.43. The second-order valence-electron chi connectivity index (χ2n) is 8.03. The quantitative estimate of drug-likeness (QED) is 0.777. The zero-order valence-electron chi connectivity index (χ0n) is 17.1. The van der Waals surface area contributed by atoms with Gasteiger partial charge in [-0.25, -0.2) is 0 Å². The highest BCUT2D eigenvalue weighted by Crippen LogP contribution is 2.39. The van der Waals surface area contributed by atoms with E-state index in [0.29, 0.717) is 31.1 Å². The van der Waals surface area contributed by atoms with Crippen LogP contribution in [0.2, 0.25) is 0 Å². The van der Waals surface area contributed by atoms with E-state index in [2.05, 4.69) is 15.5 Å². The van der Waals surface area contributed by atoms with Crippen molar-refractivity contribution in [1.82, 2.24) is 20.4 Å². The highest BCUT2D eigenvalue weighted by atomic mass is 16.5. The van der Waals surface area contributed by atoms with Crippen molar-refractivity contribution in [1.29, 1.82) is 0 Å². The average Bonchev–Trinajstić information content (AvgIpc) is 3.46. The number of amides is 2. The molecule has 154 valence electrons. The van der Waals surface area contributed by atoms with Crippen LogP contribution in [0.3, 0.4) is 0 Å². The van der Waals surface area contributed by atoms with Gasteiger partial charge in [-0.3, -0.25) is 14.7 Å². The average molecular weight is 397 g/mol. The summed E-state index contributed by atoms with van der Waals surface area (Å²) in [6.07, 6.45) is 2.72. The van der Waals surface area contributed by atoms with Gasteiger partial charge in [0.05, 0.1) is 36.1 Å². The zero-order valence-corrected chi connectivity index (χ0v) is 17.1. The lowest BCUT2D eigenvalue weighted by Crippen LogP contribution is -2.43. The Morgan fingerprint density at radius 2 is 2.10 bits per heavy atom. The predicted octanol–water partition coefficient (Wildman–Crippen LogP) is 1.89. The number of hydrogen-bond donors (Lipinski definition) is 2. The Bertz CT molecular complexity index is 919. The summed E-state index contributed by atoms with van der Waals surface area (Å²) in [6.45, 7) is 0.863. The van der Waals surface area contributed by atoms with Crippen molar-refractivity contribution in [3.05, 3.63) is 41.2 Å². The molecule has 4 rings (SSSR count). The van der Waals surface area contributed by atoms with Crippen LogP contribution in [0.5, 0.6) is 5.75 Å². The lowest BCUT2D eigenvalue weighted by molar-refractivity contribution is -0.121. The Morgan fingerprint density at radius 3 is 2.83 bits per heavy atom. The summed E-state index contributed by atoms with van der Waals surface area (Å²) in [7, 11) is 5.38. The molecule has 1 atom stereocenters. The van der Waals surface area contributed by atoms with Gasteiger partial charge in [-0.2, -0.15) is 5.10 Å². The minimum absolute atomic E-state index is 0.0444. The molecule has 1 saturated carbocycles. The molecule has 2 heterocycles. The Morgan fingerprint density at radius 1 is 1.31 bits per heavy atom. The summed E-state index contributed by atoms with van der Waals surface area (Å²) in [5, 5.41) is 10.3. The third-order valence-corrected chi connectivity index (χ3v) is 5.51. The molecule has 0 unspecified atom stereocenters. The number of benzene rings is 1. The van der Waals surface area contributed by atoms with E-state index >= 15 is 0 Å². The van der Waals surface area contributed by atoms with E-state index in [0.717, 1.165) is 22.8 Å². The second-order valence-corrected chi connectivity index (χ2v) is 8.03. The van der Waals surface area contributed by atoms with Crippen LogP contribution in [0.25, 0.3) is 0 Å². The number of carbonyl (C=O) groups excluding carboxylic acids is 2. The fourth-order valence-electron chi connectivity index (χ4n) is 3.53. The Balaban J connectivity index is 1.36. The molecule has 0 saturated heterocycles. The van der Waals surface area contributed by atoms with Crippen molar-refractivity contribution in [3.8, 4) is 5.75 Å². The number of H-pyrrole nitrogens is 1. The molecule has 2 amide bonds. The Kier molecular flexibility index (Phi) is 5.17. The maximum Gasteiger partial charge on any atom is 0.253 e. The number of anilines is 1. The SMILES string of the molecule is CN(C)C(=O)c1ccc2c(c1)N(C)[C@H](CC(=O)NCc1cc(C3CC3)n[nH]1)CO2. The number of carbonyl (C=O) groups is 2. The predicted molar refractivity (Wildman–Crippen MR) is 109 cm³/mol. The summed E-state index contributed by atoms with van der Waals surface area (Å²) >= 11 is 0. The molecule has 2 N–H and O–H groups in total. The van der Waals surface area contributed by atoms with Gasteiger partial charge in [-0.15, -0.1) is 0 Å². The van der Waals surface area contributed by atoms with Gasteiger partial charge in [0.25, 0.3) is 5.91 Å². The Hall–Kier alpha value is -3.03. The van der Waals surface area contributed by atoms with Crippen molar-refractivity contribution in [2.45, 2.75) is 37.8 Å². The molecular formula is C21H27N5O3. The topological polar surface area (TPSA) is 90.6 Å². The zero-order chi connectivity index (χ0) is 20.5. The van der Waals surface area contributed by atoms with Gasteiger partial charge in [0, 0.05) is 32.6 Å². The lowest BCUT2D eigenvalue weighted by atomic mass is 10.1. The van der Waals surface area contributed by atoms with E-state index in [1.54, 1.807) is 25.1 Å². The van der Waals surface area contributed by atoms with E-state index in [4.69, 9.17) is 4.74 Å². The molecule has 8 heteroatoms. The number of rotatable bonds is 6. The number of likely N-dealkylation sites (N-methyl/N-ethyl adjacent to an activating group) is 1. The fourth-order valence-corrected chi connectivity index (χ4v) is 3.53. The third kappa shape index (κ3) is 4.21. The number of hydrogen-bond acceptors (Lipinski definition) is 5. The first-order valence-electron chi connectivity index (χ1n) is 9.94. The van der Waals surface area contributed by atoms with Crippen molar-refractivity contribution >= 4 is 17.5 Å². The summed E-state index contributed by atoms with van der Waals surface area (Å²) in [5.74, 6) is 1.21. The van der Waals surface area contributed by atoms with Crippen molar-refractivity contribution in [2.24, 2.45) is 0 Å². The molecule has 1 aliphatic carbocycles. The van der Waals surface area contributed by atoms with Gasteiger partial charge in [0.15, 0.2) is 0 Å². The van der Waals surface area contributed by atoms with Crippen LogP contribution in [-0.2, 0) is 11.3 Å². The Labute approximate surface area is 170 Å². The molecule has 1 aromatic carbocycles. The van der Waals surface area contributed by atoms with Gasteiger partial charge >= 0.3 is 0 Å². The molecule has 2 aromatic rings. The molecule has 29 heavy (non-hydrogen) atoms. The van der Waals surface area contributed by atoms with Gasteiger partial charge in [-0.1, -0.05) is 0 Å². The van der Waals surface area contributed by atoms with Crippen LogP contribution < -0.4 is 15.0 Å². The smallest absolute Gasteiger partial charge is 0.253 e. The van der Waals surface area contributed by atoms with Crippen molar-refractivity contribution in [2.75, 3.05) is 32.6 Å². The van der Waals surface area contributed by atoms with E-state index < -0.39 is 0 Å². The summed E-state index contributed by atoms with van der Waals surface area (Å²) in [6, 6.07) is 7.34. The lowest BCUT2D eigenvalue weighted by Gasteiger charge is -2.35. The van der Waals surface area contributed by atoms with Crippen molar-refractivity contribution in [3.63, 3.8) is 0 Å². The van der Waals surface area contributed by atoms with Crippen LogP contribution in [0.4, 0.5) is 5.69 Å². The van der Waals surface area contributed by atoms with E-state index in [1.807, 2.05) is 30.1 Å². The van der Waals surface area contributed by atoms with Crippen LogP contribution in [-0.4, -0.2) is 60.7 Å². The number of nitrogens with zero attached hydrogens (tertiary/aromatic N) is 3. The number of aromatic amines is 1. The minimum atomic E-state index is -0.101. The molecular weight excluding hydrogens is 370 g/mol. The maximum absolute atomic E-state index is 12.5. The maximum atomic E-state index is 12.5. The molecule has 0 bridgehead atoms. The molecule has 2 aliphatic rings. The normalized spacial score (nSPS) is 18.0. The summed E-state index contributed by atoms with van der Waals surface area (Å²) < 4.78 is 5.84. The van der Waals surface area contributed by atoms with Gasteiger partial charge < -0.3 is 19.9 Å². The van der Waals surface area contributed by atoms with Crippen LogP contribution in [0.15, 0.2) is 24.3 Å². The molecule has 1 fully saturated rings. The fraction of sp³-hybridized carbons (Fsp3) is 0.476. The van der Waals surface area contributed by atoms with Crippen molar-refractivity contribution < 1.29 is 14.3 Å². The monoisotopic (exact) mass is 397 g/mol. The number of nitrogens with one attached hydrogen (secondary N) is 2. The number of fused-ring (bicyclic) bond motifs is 1. The highest BCUT2D eigenvalue weighted by Gasteiger charge is 2.28.